The quantitative estimate of drug-likeness (QED) is 0.821. The lowest BCUT2D eigenvalue weighted by molar-refractivity contribution is -0.115. The van der Waals surface area contributed by atoms with Crippen molar-refractivity contribution in [2.45, 2.75) is 13.0 Å². The smallest absolute Gasteiger partial charge is 0.225 e. The van der Waals surface area contributed by atoms with E-state index in [1.807, 2.05) is 54.6 Å². The van der Waals surface area contributed by atoms with E-state index >= 15 is 0 Å². The minimum atomic E-state index is -0.0757. The van der Waals surface area contributed by atoms with E-state index in [0.717, 1.165) is 17.0 Å². The number of para-hydroxylation sites is 1. The van der Waals surface area contributed by atoms with Gasteiger partial charge in [-0.1, -0.05) is 30.3 Å². The van der Waals surface area contributed by atoms with Gasteiger partial charge in [0.2, 0.25) is 5.91 Å². The second-order valence-electron chi connectivity index (χ2n) is 4.29. The molecule has 0 aliphatic heterocycles. The first-order valence-corrected chi connectivity index (χ1v) is 6.94. The maximum Gasteiger partial charge on any atom is 0.225 e. The molecule has 104 valence electrons. The third kappa shape index (κ3) is 4.59. The second-order valence-corrected chi connectivity index (χ2v) is 4.66. The van der Waals surface area contributed by atoms with Crippen molar-refractivity contribution in [3.05, 3.63) is 60.2 Å². The summed E-state index contributed by atoms with van der Waals surface area (Å²) < 4.78 is 5.65. The van der Waals surface area contributed by atoms with Crippen LogP contribution in [-0.4, -0.2) is 11.8 Å². The molecule has 0 aliphatic carbocycles. The maximum absolute atomic E-state index is 11.4. The fourth-order valence-corrected chi connectivity index (χ4v) is 1.85. The third-order valence-electron chi connectivity index (χ3n) is 2.71. The molecule has 0 radical (unpaired) electrons. The molecule has 2 aromatic carbocycles. The number of anilines is 1. The molecule has 1 N–H and O–H groups in total. The Balaban J connectivity index is 1.87. The zero-order chi connectivity index (χ0) is 14.2. The van der Waals surface area contributed by atoms with Crippen LogP contribution in [0.15, 0.2) is 54.6 Å². The number of amides is 1. The number of alkyl halides is 1. The van der Waals surface area contributed by atoms with E-state index in [1.165, 1.54) is 0 Å². The van der Waals surface area contributed by atoms with Crippen LogP contribution >= 0.6 is 11.6 Å². The molecule has 20 heavy (non-hydrogen) atoms. The molecule has 0 saturated carbocycles. The molecule has 0 saturated heterocycles. The Labute approximate surface area is 123 Å². The van der Waals surface area contributed by atoms with Crippen molar-refractivity contribution in [2.75, 3.05) is 11.2 Å². The lowest BCUT2D eigenvalue weighted by atomic mass is 10.2. The topological polar surface area (TPSA) is 38.3 Å². The molecular weight excluding hydrogens is 274 g/mol. The third-order valence-corrected chi connectivity index (χ3v) is 2.90. The molecule has 0 aromatic heterocycles. The minimum Gasteiger partial charge on any atom is -0.489 e. The van der Waals surface area contributed by atoms with Gasteiger partial charge in [-0.2, -0.15) is 0 Å². The average molecular weight is 290 g/mol. The number of carbonyl (C=O) groups is 1. The van der Waals surface area contributed by atoms with Crippen molar-refractivity contribution in [3.63, 3.8) is 0 Å². The number of hydrogen-bond acceptors (Lipinski definition) is 2. The zero-order valence-corrected chi connectivity index (χ0v) is 11.8. The molecule has 0 aliphatic rings. The minimum absolute atomic E-state index is 0.0757. The first-order chi connectivity index (χ1) is 9.78. The molecule has 0 fully saturated rings. The van der Waals surface area contributed by atoms with E-state index in [2.05, 4.69) is 5.32 Å². The summed E-state index contributed by atoms with van der Waals surface area (Å²) in [5.74, 6) is 1.09. The van der Waals surface area contributed by atoms with Crippen molar-refractivity contribution in [3.8, 4) is 5.75 Å². The Morgan fingerprint density at radius 2 is 1.75 bits per heavy atom. The SMILES string of the molecule is O=C(CCCl)Nc1ccc(COc2ccccc2)cc1. The van der Waals surface area contributed by atoms with Gasteiger partial charge in [0.1, 0.15) is 12.4 Å². The normalized spacial score (nSPS) is 10.1. The van der Waals surface area contributed by atoms with Gasteiger partial charge in [-0.15, -0.1) is 11.6 Å². The molecule has 3 nitrogen and oxygen atoms in total. The monoisotopic (exact) mass is 289 g/mol. The molecule has 0 bridgehead atoms. The molecule has 4 heteroatoms. The van der Waals surface area contributed by atoms with E-state index in [9.17, 15) is 4.79 Å². The largest absolute Gasteiger partial charge is 0.489 e. The van der Waals surface area contributed by atoms with E-state index in [1.54, 1.807) is 0 Å². The van der Waals surface area contributed by atoms with Crippen LogP contribution in [-0.2, 0) is 11.4 Å². The highest BCUT2D eigenvalue weighted by Crippen LogP contribution is 2.14. The number of nitrogens with one attached hydrogen (secondary N) is 1. The van der Waals surface area contributed by atoms with Crippen molar-refractivity contribution in [2.24, 2.45) is 0 Å². The Hall–Kier alpha value is -2.00. The molecule has 0 spiro atoms. The highest BCUT2D eigenvalue weighted by Gasteiger charge is 2.01. The number of hydrogen-bond donors (Lipinski definition) is 1. The van der Waals surface area contributed by atoms with Gasteiger partial charge >= 0.3 is 0 Å². The highest BCUT2D eigenvalue weighted by atomic mass is 35.5. The first-order valence-electron chi connectivity index (χ1n) is 6.40. The summed E-state index contributed by atoms with van der Waals surface area (Å²) in [6.07, 6.45) is 0.320. The Kier molecular flexibility index (Phi) is 5.44. The van der Waals surface area contributed by atoms with Gasteiger partial charge in [0.15, 0.2) is 0 Å². The molecular formula is C16H16ClNO2. The van der Waals surface area contributed by atoms with Gasteiger partial charge in [0, 0.05) is 18.0 Å². The van der Waals surface area contributed by atoms with E-state index < -0.39 is 0 Å². The molecule has 0 heterocycles. The van der Waals surface area contributed by atoms with Crippen molar-refractivity contribution >= 4 is 23.2 Å². The number of carbonyl (C=O) groups excluding carboxylic acids is 1. The molecule has 1 amide bonds. The number of ether oxygens (including phenoxy) is 1. The summed E-state index contributed by atoms with van der Waals surface area (Å²) in [5, 5.41) is 2.78. The van der Waals surface area contributed by atoms with Gasteiger partial charge in [-0.05, 0) is 29.8 Å². The van der Waals surface area contributed by atoms with Crippen LogP contribution < -0.4 is 10.1 Å². The zero-order valence-electron chi connectivity index (χ0n) is 11.0. The summed E-state index contributed by atoms with van der Waals surface area (Å²) in [7, 11) is 0. The molecule has 0 atom stereocenters. The van der Waals surface area contributed by atoms with Gasteiger partial charge in [0.05, 0.1) is 0 Å². The fraction of sp³-hybridized carbons (Fsp3) is 0.188. The van der Waals surface area contributed by atoms with Crippen LogP contribution in [0.5, 0.6) is 5.75 Å². The number of benzene rings is 2. The van der Waals surface area contributed by atoms with Gasteiger partial charge in [-0.3, -0.25) is 4.79 Å². The molecule has 2 rings (SSSR count). The standard InChI is InChI=1S/C16H16ClNO2/c17-11-10-16(19)18-14-8-6-13(7-9-14)12-20-15-4-2-1-3-5-15/h1-9H,10-12H2,(H,18,19). The highest BCUT2D eigenvalue weighted by molar-refractivity contribution is 6.19. The Morgan fingerprint density at radius 1 is 1.05 bits per heavy atom. The van der Waals surface area contributed by atoms with Crippen LogP contribution in [0.25, 0.3) is 0 Å². The molecule has 2 aromatic rings. The van der Waals surface area contributed by atoms with Crippen LogP contribution in [0.4, 0.5) is 5.69 Å². The van der Waals surface area contributed by atoms with E-state index in [0.29, 0.717) is 18.9 Å². The van der Waals surface area contributed by atoms with Crippen molar-refractivity contribution in [1.29, 1.82) is 0 Å². The van der Waals surface area contributed by atoms with Gasteiger partial charge < -0.3 is 10.1 Å². The lowest BCUT2D eigenvalue weighted by Crippen LogP contribution is -2.11. The van der Waals surface area contributed by atoms with E-state index in [-0.39, 0.29) is 5.91 Å². The first kappa shape index (κ1) is 14.4. The van der Waals surface area contributed by atoms with Crippen LogP contribution in [0.2, 0.25) is 0 Å². The van der Waals surface area contributed by atoms with Gasteiger partial charge in [-0.25, -0.2) is 0 Å². The Bertz CT molecular complexity index is 540. The second kappa shape index (κ2) is 7.56. The Morgan fingerprint density at radius 3 is 2.40 bits per heavy atom. The van der Waals surface area contributed by atoms with Crippen LogP contribution in [0, 0.1) is 0 Å². The van der Waals surface area contributed by atoms with Crippen molar-refractivity contribution < 1.29 is 9.53 Å². The summed E-state index contributed by atoms with van der Waals surface area (Å²) in [6.45, 7) is 0.500. The number of halogens is 1. The summed E-state index contributed by atoms with van der Waals surface area (Å²) >= 11 is 5.51. The lowest BCUT2D eigenvalue weighted by Gasteiger charge is -2.08. The summed E-state index contributed by atoms with van der Waals surface area (Å²) in [4.78, 5) is 11.4. The van der Waals surface area contributed by atoms with E-state index in [4.69, 9.17) is 16.3 Å². The van der Waals surface area contributed by atoms with Gasteiger partial charge in [0.25, 0.3) is 0 Å². The van der Waals surface area contributed by atoms with Crippen molar-refractivity contribution in [1.82, 2.24) is 0 Å². The molecule has 0 unspecified atom stereocenters. The van der Waals surface area contributed by atoms with Crippen LogP contribution in [0.3, 0.4) is 0 Å². The average Bonchev–Trinajstić information content (AvgIpc) is 2.48. The van der Waals surface area contributed by atoms with Crippen LogP contribution in [0.1, 0.15) is 12.0 Å². The summed E-state index contributed by atoms with van der Waals surface area (Å²) in [6, 6.07) is 17.2. The fourth-order valence-electron chi connectivity index (χ4n) is 1.68. The predicted molar refractivity (Wildman–Crippen MR) is 81.2 cm³/mol. The predicted octanol–water partition coefficient (Wildman–Crippen LogP) is 3.83. The number of rotatable bonds is 6. The maximum atomic E-state index is 11.4. The summed E-state index contributed by atoms with van der Waals surface area (Å²) in [5.41, 5.74) is 1.81.